The fourth-order valence-electron chi connectivity index (χ4n) is 1.68. The van der Waals surface area contributed by atoms with Crippen LogP contribution in [0.15, 0.2) is 47.4 Å². The Morgan fingerprint density at radius 3 is 2.26 bits per heavy atom. The molecule has 120 valence electrons. The summed E-state index contributed by atoms with van der Waals surface area (Å²) in [6, 6.07) is 7.10. The Balaban J connectivity index is 2.34. The Morgan fingerprint density at radius 1 is 1.13 bits per heavy atom. The maximum atomic E-state index is 12.6. The number of nitrogens with zero attached hydrogens (tertiary/aromatic N) is 1. The summed E-state index contributed by atoms with van der Waals surface area (Å²) in [4.78, 5) is 21.8. The lowest BCUT2D eigenvalue weighted by Gasteiger charge is -2.08. The molecule has 0 fully saturated rings. The third-order valence-corrected chi connectivity index (χ3v) is 3.77. The van der Waals surface area contributed by atoms with Gasteiger partial charge in [0, 0.05) is 11.6 Å². The van der Waals surface area contributed by atoms with E-state index in [9.17, 15) is 28.1 Å². The van der Waals surface area contributed by atoms with Crippen LogP contribution in [0.2, 0.25) is 0 Å². The molecular formula is C14H8F3NO4S. The summed E-state index contributed by atoms with van der Waals surface area (Å²) < 4.78 is 37.8. The molecule has 0 heterocycles. The van der Waals surface area contributed by atoms with E-state index in [4.69, 9.17) is 5.11 Å². The second-order valence-corrected chi connectivity index (χ2v) is 5.39. The van der Waals surface area contributed by atoms with E-state index in [0.717, 1.165) is 6.07 Å². The molecule has 0 saturated carbocycles. The predicted octanol–water partition coefficient (Wildman–Crippen LogP) is 4.25. The molecule has 0 aliphatic carbocycles. The summed E-state index contributed by atoms with van der Waals surface area (Å²) in [5, 5.41) is 19.5. The van der Waals surface area contributed by atoms with Crippen LogP contribution in [-0.4, -0.2) is 15.1 Å². The van der Waals surface area contributed by atoms with E-state index < -0.39 is 27.5 Å². The topological polar surface area (TPSA) is 80.4 Å². The van der Waals surface area contributed by atoms with E-state index in [1.165, 1.54) is 24.3 Å². The Bertz CT molecular complexity index is 760. The number of hydrogen-bond donors (Lipinski definition) is 1. The molecule has 1 N–H and O–H groups in total. The van der Waals surface area contributed by atoms with E-state index in [1.54, 1.807) is 0 Å². The Kier molecular flexibility index (Phi) is 4.60. The number of alkyl halides is 3. The molecule has 2 aromatic rings. The molecule has 0 radical (unpaired) electrons. The van der Waals surface area contributed by atoms with Gasteiger partial charge in [0.15, 0.2) is 0 Å². The van der Waals surface area contributed by atoms with Crippen molar-refractivity contribution in [2.45, 2.75) is 11.1 Å². The zero-order valence-corrected chi connectivity index (χ0v) is 12.0. The molecule has 0 aromatic heterocycles. The van der Waals surface area contributed by atoms with Gasteiger partial charge in [0.25, 0.3) is 5.69 Å². The molecular weight excluding hydrogens is 335 g/mol. The van der Waals surface area contributed by atoms with E-state index in [0.29, 0.717) is 23.9 Å². The highest BCUT2D eigenvalue weighted by atomic mass is 32.2. The summed E-state index contributed by atoms with van der Waals surface area (Å²) >= 11 is 0.447. The lowest BCUT2D eigenvalue weighted by Crippen LogP contribution is -2.06. The zero-order chi connectivity index (χ0) is 17.2. The van der Waals surface area contributed by atoms with Crippen LogP contribution >= 0.6 is 11.8 Å². The van der Waals surface area contributed by atoms with Gasteiger partial charge < -0.3 is 5.11 Å². The van der Waals surface area contributed by atoms with Crippen molar-refractivity contribution < 1.29 is 28.0 Å². The molecule has 0 saturated heterocycles. The van der Waals surface area contributed by atoms with E-state index in [2.05, 4.69) is 0 Å². The van der Waals surface area contributed by atoms with Gasteiger partial charge in [0.1, 0.15) is 5.75 Å². The average molecular weight is 343 g/mol. The lowest BCUT2D eigenvalue weighted by molar-refractivity contribution is -0.388. The van der Waals surface area contributed by atoms with Crippen molar-refractivity contribution in [1.29, 1.82) is 0 Å². The number of phenolic OH excluding ortho intramolecular Hbond substituents is 1. The highest BCUT2D eigenvalue weighted by molar-refractivity contribution is 8.14. The van der Waals surface area contributed by atoms with Gasteiger partial charge in [-0.1, -0.05) is 0 Å². The molecule has 0 amide bonds. The first-order valence-electron chi connectivity index (χ1n) is 6.05. The van der Waals surface area contributed by atoms with Crippen LogP contribution in [-0.2, 0) is 6.18 Å². The summed E-state index contributed by atoms with van der Waals surface area (Å²) in [6.07, 6.45) is -4.71. The molecule has 0 unspecified atom stereocenters. The minimum Gasteiger partial charge on any atom is -0.508 e. The number of aromatic hydroxyl groups is 1. The summed E-state index contributed by atoms with van der Waals surface area (Å²) in [6.45, 7) is 0. The van der Waals surface area contributed by atoms with Gasteiger partial charge in [0.05, 0.1) is 15.4 Å². The number of thioether (sulfide) groups is 1. The first-order chi connectivity index (χ1) is 10.7. The van der Waals surface area contributed by atoms with Crippen molar-refractivity contribution in [1.82, 2.24) is 0 Å². The Labute approximate surface area is 131 Å². The van der Waals surface area contributed by atoms with Crippen LogP contribution in [0.25, 0.3) is 0 Å². The average Bonchev–Trinajstić information content (AvgIpc) is 2.46. The fourth-order valence-corrected chi connectivity index (χ4v) is 2.51. The molecule has 2 rings (SSSR count). The molecule has 5 nitrogen and oxygen atoms in total. The zero-order valence-electron chi connectivity index (χ0n) is 11.2. The summed E-state index contributed by atoms with van der Waals surface area (Å²) in [5.74, 6) is -0.0629. The Hall–Kier alpha value is -2.55. The third kappa shape index (κ3) is 4.01. The van der Waals surface area contributed by atoms with Crippen LogP contribution < -0.4 is 0 Å². The predicted molar refractivity (Wildman–Crippen MR) is 76.4 cm³/mol. The van der Waals surface area contributed by atoms with Gasteiger partial charge in [-0.25, -0.2) is 0 Å². The largest absolute Gasteiger partial charge is 0.508 e. The summed E-state index contributed by atoms with van der Waals surface area (Å²) in [5.41, 5.74) is -1.80. The third-order valence-electron chi connectivity index (χ3n) is 2.79. The number of rotatable bonds is 3. The lowest BCUT2D eigenvalue weighted by atomic mass is 10.2. The minimum atomic E-state index is -4.71. The standard InChI is InChI=1S/C14H8F3NO4S/c15-14(16,17)9-3-6-12(11(7-9)18(21)22)23-13(20)8-1-4-10(19)5-2-8/h1-7,19H. The number of carbonyl (C=O) groups excluding carboxylic acids is 1. The van der Waals surface area contributed by atoms with Crippen LogP contribution in [0.4, 0.5) is 18.9 Å². The van der Waals surface area contributed by atoms with Gasteiger partial charge in [0.2, 0.25) is 5.12 Å². The van der Waals surface area contributed by atoms with Crippen LogP contribution in [0.5, 0.6) is 5.75 Å². The second kappa shape index (κ2) is 6.29. The minimum absolute atomic E-state index is 0.0629. The normalized spacial score (nSPS) is 11.3. The molecule has 0 spiro atoms. The van der Waals surface area contributed by atoms with Crippen molar-refractivity contribution in [2.75, 3.05) is 0 Å². The van der Waals surface area contributed by atoms with Gasteiger partial charge in [-0.2, -0.15) is 13.2 Å². The van der Waals surface area contributed by atoms with Crippen molar-refractivity contribution in [3.8, 4) is 5.75 Å². The number of benzene rings is 2. The van der Waals surface area contributed by atoms with Crippen LogP contribution in [0, 0.1) is 10.1 Å². The van der Waals surface area contributed by atoms with Gasteiger partial charge in [-0.15, -0.1) is 0 Å². The molecule has 0 bridgehead atoms. The molecule has 0 atom stereocenters. The second-order valence-electron chi connectivity index (χ2n) is 4.37. The number of hydrogen-bond acceptors (Lipinski definition) is 5. The maximum Gasteiger partial charge on any atom is 0.416 e. The summed E-state index contributed by atoms with van der Waals surface area (Å²) in [7, 11) is 0. The maximum absolute atomic E-state index is 12.6. The number of nitro groups is 1. The number of halogens is 3. The molecule has 0 aliphatic rings. The molecule has 23 heavy (non-hydrogen) atoms. The van der Waals surface area contributed by atoms with E-state index in [1.807, 2.05) is 0 Å². The van der Waals surface area contributed by atoms with Crippen LogP contribution in [0.3, 0.4) is 0 Å². The first-order valence-corrected chi connectivity index (χ1v) is 6.87. The monoisotopic (exact) mass is 343 g/mol. The Morgan fingerprint density at radius 2 is 1.74 bits per heavy atom. The van der Waals surface area contributed by atoms with E-state index in [-0.39, 0.29) is 16.2 Å². The number of phenols is 1. The van der Waals surface area contributed by atoms with Crippen molar-refractivity contribution in [3.05, 3.63) is 63.7 Å². The molecule has 9 heteroatoms. The van der Waals surface area contributed by atoms with Gasteiger partial charge in [-0.05, 0) is 48.2 Å². The van der Waals surface area contributed by atoms with Crippen molar-refractivity contribution in [2.24, 2.45) is 0 Å². The molecule has 0 aliphatic heterocycles. The molecule has 2 aromatic carbocycles. The van der Waals surface area contributed by atoms with Crippen molar-refractivity contribution in [3.63, 3.8) is 0 Å². The van der Waals surface area contributed by atoms with Gasteiger partial charge in [-0.3, -0.25) is 14.9 Å². The van der Waals surface area contributed by atoms with Crippen molar-refractivity contribution >= 4 is 22.6 Å². The smallest absolute Gasteiger partial charge is 0.416 e. The highest BCUT2D eigenvalue weighted by Gasteiger charge is 2.33. The number of nitro benzene ring substituents is 1. The van der Waals surface area contributed by atoms with Crippen LogP contribution in [0.1, 0.15) is 15.9 Å². The quantitative estimate of drug-likeness (QED) is 0.512. The number of carbonyl (C=O) groups is 1. The van der Waals surface area contributed by atoms with Gasteiger partial charge >= 0.3 is 6.18 Å². The van der Waals surface area contributed by atoms with E-state index >= 15 is 0 Å². The fraction of sp³-hybridized carbons (Fsp3) is 0.0714. The SMILES string of the molecule is O=C(Sc1ccc(C(F)(F)F)cc1[N+](=O)[O-])c1ccc(O)cc1. The highest BCUT2D eigenvalue weighted by Crippen LogP contribution is 2.37. The first kappa shape index (κ1) is 16.8.